The molecule has 1 aliphatic carbocycles. The van der Waals surface area contributed by atoms with Crippen LogP contribution in [0, 0.1) is 17.2 Å². The molecular weight excluding hydrogens is 502 g/mol. The molecule has 1 N–H and O–H groups in total. The van der Waals surface area contributed by atoms with Crippen molar-refractivity contribution in [2.45, 2.75) is 72.0 Å². The van der Waals surface area contributed by atoms with Gasteiger partial charge in [0.25, 0.3) is 0 Å². The van der Waals surface area contributed by atoms with Crippen LogP contribution in [0.2, 0.25) is 0 Å². The summed E-state index contributed by atoms with van der Waals surface area (Å²) in [6, 6.07) is 20.0. The molecule has 1 fully saturated rings. The Balaban J connectivity index is 1.47. The topological polar surface area (TPSA) is 75.1 Å². The summed E-state index contributed by atoms with van der Waals surface area (Å²) in [5, 5.41) is 9.08. The SMILES string of the molecule is C[C@@H]1[C@@H](OCc2ccccc2)CC=C(C(C(=N)OCc2ccccc2)N2CCN(C(=O)OC(C)(C)C)CC2)[C@@H]1C. The van der Waals surface area contributed by atoms with Gasteiger partial charge in [0.1, 0.15) is 18.2 Å². The third kappa shape index (κ3) is 7.95. The highest BCUT2D eigenvalue weighted by Crippen LogP contribution is 2.36. The van der Waals surface area contributed by atoms with Gasteiger partial charge in [-0.25, -0.2) is 4.79 Å². The van der Waals surface area contributed by atoms with Gasteiger partial charge in [0.05, 0.1) is 12.7 Å². The van der Waals surface area contributed by atoms with E-state index in [-0.39, 0.29) is 36.0 Å². The van der Waals surface area contributed by atoms with Crippen LogP contribution < -0.4 is 0 Å². The monoisotopic (exact) mass is 547 g/mol. The Bertz CT molecular complexity index is 1140. The van der Waals surface area contributed by atoms with Crippen molar-refractivity contribution in [1.82, 2.24) is 9.80 Å². The van der Waals surface area contributed by atoms with Crippen molar-refractivity contribution in [2.24, 2.45) is 11.8 Å². The number of ether oxygens (including phenoxy) is 3. The van der Waals surface area contributed by atoms with Crippen LogP contribution in [0.25, 0.3) is 0 Å². The quantitative estimate of drug-likeness (QED) is 0.239. The Morgan fingerprint density at radius 1 is 0.925 bits per heavy atom. The van der Waals surface area contributed by atoms with Crippen molar-refractivity contribution in [3.63, 3.8) is 0 Å². The largest absolute Gasteiger partial charge is 0.475 e. The Morgan fingerprint density at radius 2 is 1.50 bits per heavy atom. The van der Waals surface area contributed by atoms with Crippen LogP contribution in [0.1, 0.15) is 52.2 Å². The van der Waals surface area contributed by atoms with Crippen molar-refractivity contribution in [3.8, 4) is 0 Å². The van der Waals surface area contributed by atoms with E-state index < -0.39 is 5.60 Å². The van der Waals surface area contributed by atoms with E-state index in [2.05, 4.69) is 37.0 Å². The van der Waals surface area contributed by atoms with Gasteiger partial charge in [0.2, 0.25) is 5.90 Å². The molecular formula is C33H45N3O4. The molecule has 0 saturated carbocycles. The molecule has 1 aliphatic heterocycles. The first-order valence-corrected chi connectivity index (χ1v) is 14.4. The molecule has 1 amide bonds. The molecule has 4 atom stereocenters. The summed E-state index contributed by atoms with van der Waals surface area (Å²) in [4.78, 5) is 16.7. The Morgan fingerprint density at radius 3 is 2.08 bits per heavy atom. The summed E-state index contributed by atoms with van der Waals surface area (Å²) in [7, 11) is 0. The molecule has 216 valence electrons. The number of carbonyl (C=O) groups excluding carboxylic acids is 1. The minimum Gasteiger partial charge on any atom is -0.475 e. The second-order valence-corrected chi connectivity index (χ2v) is 12.0. The summed E-state index contributed by atoms with van der Waals surface area (Å²) >= 11 is 0. The normalized spacial score (nSPS) is 22.8. The van der Waals surface area contributed by atoms with E-state index >= 15 is 0 Å². The van der Waals surface area contributed by atoms with Gasteiger partial charge in [0, 0.05) is 26.2 Å². The van der Waals surface area contributed by atoms with Crippen molar-refractivity contribution < 1.29 is 19.0 Å². The van der Waals surface area contributed by atoms with Crippen LogP contribution in [-0.4, -0.2) is 65.7 Å². The maximum atomic E-state index is 12.7. The molecule has 7 heteroatoms. The molecule has 1 saturated heterocycles. The fourth-order valence-corrected chi connectivity index (χ4v) is 5.47. The molecule has 2 aliphatic rings. The lowest BCUT2D eigenvalue weighted by atomic mass is 9.75. The van der Waals surface area contributed by atoms with Crippen LogP contribution in [0.4, 0.5) is 4.79 Å². The minimum absolute atomic E-state index is 0.114. The number of nitrogens with one attached hydrogen (secondary N) is 1. The highest BCUT2D eigenvalue weighted by molar-refractivity contribution is 5.82. The van der Waals surface area contributed by atoms with Gasteiger partial charge in [-0.1, -0.05) is 80.6 Å². The number of hydrogen-bond acceptors (Lipinski definition) is 6. The second kappa shape index (κ2) is 13.5. The van der Waals surface area contributed by atoms with E-state index in [1.54, 1.807) is 4.90 Å². The molecule has 2 aromatic carbocycles. The lowest BCUT2D eigenvalue weighted by Gasteiger charge is -2.44. The van der Waals surface area contributed by atoms with Crippen LogP contribution in [-0.2, 0) is 27.4 Å². The van der Waals surface area contributed by atoms with Gasteiger partial charge in [-0.15, -0.1) is 0 Å². The first kappa shape index (κ1) is 29.8. The summed E-state index contributed by atoms with van der Waals surface area (Å²) < 4.78 is 18.1. The predicted molar refractivity (Wildman–Crippen MR) is 158 cm³/mol. The second-order valence-electron chi connectivity index (χ2n) is 12.0. The zero-order valence-corrected chi connectivity index (χ0v) is 24.6. The first-order chi connectivity index (χ1) is 19.1. The van der Waals surface area contributed by atoms with Gasteiger partial charge < -0.3 is 19.1 Å². The molecule has 1 unspecified atom stereocenters. The maximum absolute atomic E-state index is 12.7. The molecule has 0 spiro atoms. The maximum Gasteiger partial charge on any atom is 0.410 e. The number of hydrogen-bond donors (Lipinski definition) is 1. The number of amides is 1. The van der Waals surface area contributed by atoms with Crippen LogP contribution >= 0.6 is 0 Å². The Kier molecular flexibility index (Phi) is 10.0. The lowest BCUT2D eigenvalue weighted by molar-refractivity contribution is -0.0116. The number of piperazine rings is 1. The van der Waals surface area contributed by atoms with E-state index in [4.69, 9.17) is 19.6 Å². The molecule has 0 bridgehead atoms. The summed E-state index contributed by atoms with van der Waals surface area (Å²) in [6.07, 6.45) is 2.90. The average molecular weight is 548 g/mol. The van der Waals surface area contributed by atoms with Crippen LogP contribution in [0.3, 0.4) is 0 Å². The van der Waals surface area contributed by atoms with Crippen molar-refractivity contribution in [2.75, 3.05) is 26.2 Å². The summed E-state index contributed by atoms with van der Waals surface area (Å²) in [5.74, 6) is 0.754. The van der Waals surface area contributed by atoms with Gasteiger partial charge in [0.15, 0.2) is 0 Å². The van der Waals surface area contributed by atoms with Gasteiger partial charge >= 0.3 is 6.09 Å². The smallest absolute Gasteiger partial charge is 0.410 e. The molecule has 0 aromatic heterocycles. The Labute approximate surface area is 239 Å². The van der Waals surface area contributed by atoms with Gasteiger partial charge in [-0.2, -0.15) is 0 Å². The average Bonchev–Trinajstić information content (AvgIpc) is 2.94. The third-order valence-electron chi connectivity index (χ3n) is 7.93. The number of rotatable bonds is 8. The van der Waals surface area contributed by atoms with E-state index in [0.29, 0.717) is 39.4 Å². The fourth-order valence-electron chi connectivity index (χ4n) is 5.47. The predicted octanol–water partition coefficient (Wildman–Crippen LogP) is 6.29. The van der Waals surface area contributed by atoms with Crippen molar-refractivity contribution in [3.05, 3.63) is 83.4 Å². The molecule has 7 nitrogen and oxygen atoms in total. The summed E-state index contributed by atoms with van der Waals surface area (Å²) in [5.41, 5.74) is 2.89. The standard InChI is InChI=1S/C33H45N3O4/c1-24-25(2)29(38-22-26-12-8-6-9-13-26)17-16-28(24)30(31(34)39-23-27-14-10-7-11-15-27)35-18-20-36(21-19-35)32(37)40-33(3,4)5/h6-16,24-25,29-30,34H,17-23H2,1-5H3/t24-,25+,29+,30?/m1/s1. The first-order valence-electron chi connectivity index (χ1n) is 14.4. The third-order valence-corrected chi connectivity index (χ3v) is 7.93. The molecule has 1 heterocycles. The number of benzene rings is 2. The van der Waals surface area contributed by atoms with Crippen molar-refractivity contribution >= 4 is 12.0 Å². The molecule has 40 heavy (non-hydrogen) atoms. The zero-order valence-electron chi connectivity index (χ0n) is 24.6. The minimum atomic E-state index is -0.526. The molecule has 0 radical (unpaired) electrons. The van der Waals surface area contributed by atoms with Crippen molar-refractivity contribution in [1.29, 1.82) is 5.41 Å². The van der Waals surface area contributed by atoms with E-state index in [1.807, 2.05) is 69.3 Å². The molecule has 2 aromatic rings. The Hall–Kier alpha value is -3.16. The number of nitrogens with zero attached hydrogens (tertiary/aromatic N) is 2. The van der Waals surface area contributed by atoms with Gasteiger partial charge in [-0.05, 0) is 55.7 Å². The molecule has 4 rings (SSSR count). The van der Waals surface area contributed by atoms with E-state index in [1.165, 1.54) is 11.1 Å². The van der Waals surface area contributed by atoms with Crippen LogP contribution in [0.15, 0.2) is 72.3 Å². The summed E-state index contributed by atoms with van der Waals surface area (Å²) in [6.45, 7) is 13.5. The lowest BCUT2D eigenvalue weighted by Crippen LogP contribution is -2.56. The highest BCUT2D eigenvalue weighted by atomic mass is 16.6. The highest BCUT2D eigenvalue weighted by Gasteiger charge is 2.39. The zero-order chi connectivity index (χ0) is 28.7. The van der Waals surface area contributed by atoms with E-state index in [9.17, 15) is 4.79 Å². The van der Waals surface area contributed by atoms with Gasteiger partial charge in [-0.3, -0.25) is 10.3 Å². The number of carbonyl (C=O) groups is 1. The van der Waals surface area contributed by atoms with E-state index in [0.717, 1.165) is 12.0 Å². The van der Waals surface area contributed by atoms with Crippen LogP contribution in [0.5, 0.6) is 0 Å². The fraction of sp³-hybridized carbons (Fsp3) is 0.515.